The predicted octanol–water partition coefficient (Wildman–Crippen LogP) is 1.41. The smallest absolute Gasteiger partial charge is 0.417 e. The lowest BCUT2D eigenvalue weighted by molar-refractivity contribution is -0.167. The van der Waals surface area contributed by atoms with E-state index < -0.39 is 35.1 Å². The van der Waals surface area contributed by atoms with Crippen molar-refractivity contribution in [3.63, 3.8) is 0 Å². The Morgan fingerprint density at radius 3 is 1.37 bits per heavy atom. The van der Waals surface area contributed by atoms with Crippen molar-refractivity contribution in [2.24, 2.45) is 0 Å². The summed E-state index contributed by atoms with van der Waals surface area (Å²) in [5.41, 5.74) is 0. The van der Waals surface area contributed by atoms with Crippen LogP contribution in [0.5, 0.6) is 0 Å². The van der Waals surface area contributed by atoms with Crippen molar-refractivity contribution in [1.29, 1.82) is 0 Å². The Morgan fingerprint density at radius 2 is 1.03 bits per heavy atom. The molecule has 13 heteroatoms. The van der Waals surface area contributed by atoms with Crippen LogP contribution in [0.4, 0.5) is 0 Å². The van der Waals surface area contributed by atoms with E-state index in [1.807, 2.05) is 0 Å². The number of rotatable bonds is 14. The molecule has 0 saturated heterocycles. The fourth-order valence-corrected chi connectivity index (χ4v) is 1.54. The van der Waals surface area contributed by atoms with E-state index in [0.29, 0.717) is 32.3 Å². The van der Waals surface area contributed by atoms with Crippen molar-refractivity contribution in [3.8, 4) is 0 Å². The standard InChI is InChI=1S/C11H16O6.C7H12O3.C4H5ClO3/c1-3-9(12)16-7-5-6-8-17-11(14)10(13)15-4-2;1-2-7(9)10-6-4-3-5-8;1-2-8-4(7)3(5)6/h3H,1,4-8H2,2H3;2,8H,1,3-6H2;2H2,1H3. The van der Waals surface area contributed by atoms with Crippen molar-refractivity contribution < 1.29 is 57.6 Å². The molecule has 0 bridgehead atoms. The number of aliphatic hydroxyl groups excluding tert-OH is 1. The van der Waals surface area contributed by atoms with Crippen LogP contribution in [0, 0.1) is 0 Å². The average molecular weight is 525 g/mol. The van der Waals surface area contributed by atoms with Crippen LogP contribution in [0.25, 0.3) is 0 Å². The van der Waals surface area contributed by atoms with E-state index in [1.165, 1.54) is 0 Å². The normalized spacial score (nSPS) is 8.91. The highest BCUT2D eigenvalue weighted by atomic mass is 35.5. The Kier molecular flexibility index (Phi) is 28.0. The van der Waals surface area contributed by atoms with E-state index in [-0.39, 0.29) is 33.0 Å². The molecule has 0 saturated carbocycles. The predicted molar refractivity (Wildman–Crippen MR) is 123 cm³/mol. The summed E-state index contributed by atoms with van der Waals surface area (Å²) < 4.78 is 22.6. The minimum absolute atomic E-state index is 0.0866. The highest BCUT2D eigenvalue weighted by molar-refractivity contribution is 6.80. The Morgan fingerprint density at radius 1 is 0.657 bits per heavy atom. The van der Waals surface area contributed by atoms with Crippen LogP contribution in [-0.4, -0.2) is 79.8 Å². The number of carbonyl (C=O) groups excluding carboxylic acids is 6. The van der Waals surface area contributed by atoms with Crippen LogP contribution in [0.2, 0.25) is 0 Å². The minimum atomic E-state index is -1.08. The summed E-state index contributed by atoms with van der Waals surface area (Å²) in [5, 5.41) is 7.25. The van der Waals surface area contributed by atoms with E-state index in [9.17, 15) is 28.8 Å². The second-order valence-corrected chi connectivity index (χ2v) is 6.07. The molecule has 0 heterocycles. The van der Waals surface area contributed by atoms with Crippen molar-refractivity contribution in [2.75, 3.05) is 39.6 Å². The monoisotopic (exact) mass is 524 g/mol. The molecule has 12 nitrogen and oxygen atoms in total. The van der Waals surface area contributed by atoms with Gasteiger partial charge < -0.3 is 28.8 Å². The molecule has 0 aliphatic heterocycles. The number of halogens is 1. The van der Waals surface area contributed by atoms with Crippen LogP contribution in [-0.2, 0) is 52.5 Å². The lowest BCUT2D eigenvalue weighted by Crippen LogP contribution is -2.20. The maximum Gasteiger partial charge on any atom is 0.417 e. The molecule has 0 aliphatic rings. The third kappa shape index (κ3) is 28.7. The molecule has 0 aromatic heterocycles. The lowest BCUT2D eigenvalue weighted by atomic mass is 10.3. The van der Waals surface area contributed by atoms with Gasteiger partial charge in [0, 0.05) is 18.8 Å². The van der Waals surface area contributed by atoms with Gasteiger partial charge in [0.15, 0.2) is 0 Å². The second-order valence-electron chi connectivity index (χ2n) is 5.73. The number of carbonyl (C=O) groups is 6. The molecule has 0 fully saturated rings. The third-order valence-electron chi connectivity index (χ3n) is 3.02. The van der Waals surface area contributed by atoms with Crippen LogP contribution in [0.3, 0.4) is 0 Å². The summed E-state index contributed by atoms with van der Waals surface area (Å²) in [4.78, 5) is 62.6. The molecule has 35 heavy (non-hydrogen) atoms. The molecule has 1 N–H and O–H groups in total. The van der Waals surface area contributed by atoms with Gasteiger partial charge in [-0.1, -0.05) is 13.2 Å². The summed E-state index contributed by atoms with van der Waals surface area (Å²) in [5.74, 6) is -3.89. The molecule has 0 radical (unpaired) electrons. The lowest BCUT2D eigenvalue weighted by Gasteiger charge is -2.04. The summed E-state index contributed by atoms with van der Waals surface area (Å²) in [6.07, 6.45) is 4.60. The number of esters is 5. The molecular formula is C22H33ClO12. The van der Waals surface area contributed by atoms with Crippen molar-refractivity contribution in [1.82, 2.24) is 0 Å². The Bertz CT molecular complexity index is 675. The van der Waals surface area contributed by atoms with Gasteiger partial charge in [-0.25, -0.2) is 24.0 Å². The molecule has 0 rings (SSSR count). The highest BCUT2D eigenvalue weighted by Gasteiger charge is 2.15. The van der Waals surface area contributed by atoms with E-state index in [0.717, 1.165) is 12.2 Å². The van der Waals surface area contributed by atoms with Gasteiger partial charge in [-0.05, 0) is 51.1 Å². The maximum absolute atomic E-state index is 10.9. The number of unbranched alkanes of at least 4 members (excludes halogenated alkanes) is 2. The molecule has 0 aromatic carbocycles. The fraction of sp³-hybridized carbons (Fsp3) is 0.545. The molecular weight excluding hydrogens is 492 g/mol. The first-order valence-corrected chi connectivity index (χ1v) is 10.9. The number of ether oxygens (including phenoxy) is 5. The van der Waals surface area contributed by atoms with Gasteiger partial charge in [-0.15, -0.1) is 0 Å². The van der Waals surface area contributed by atoms with Gasteiger partial charge in [0.2, 0.25) is 0 Å². The Hall–Kier alpha value is -3.25. The van der Waals surface area contributed by atoms with Crippen LogP contribution >= 0.6 is 11.6 Å². The first kappa shape index (κ1) is 36.3. The first-order chi connectivity index (χ1) is 16.6. The minimum Gasteiger partial charge on any atom is -0.463 e. The van der Waals surface area contributed by atoms with Crippen molar-refractivity contribution in [2.45, 2.75) is 39.5 Å². The SMILES string of the molecule is C=CC(=O)OCCCCO.C=CC(=O)OCCCCOC(=O)C(=O)OCC.CCOC(=O)C(=O)Cl. The van der Waals surface area contributed by atoms with Crippen molar-refractivity contribution in [3.05, 3.63) is 25.3 Å². The second kappa shape index (κ2) is 27.0. The molecule has 0 atom stereocenters. The maximum atomic E-state index is 10.9. The molecule has 0 unspecified atom stereocenters. The number of aliphatic hydroxyl groups is 1. The zero-order valence-electron chi connectivity index (χ0n) is 20.0. The molecule has 200 valence electrons. The first-order valence-electron chi connectivity index (χ1n) is 10.5. The average Bonchev–Trinajstić information content (AvgIpc) is 2.84. The third-order valence-corrected chi connectivity index (χ3v) is 3.18. The molecule has 0 amide bonds. The van der Waals surface area contributed by atoms with Crippen LogP contribution < -0.4 is 0 Å². The van der Waals surface area contributed by atoms with Gasteiger partial charge in [-0.3, -0.25) is 4.79 Å². The van der Waals surface area contributed by atoms with E-state index in [2.05, 4.69) is 32.1 Å². The Balaban J connectivity index is -0.000000483. The number of hydrogen-bond acceptors (Lipinski definition) is 12. The Labute approximate surface area is 209 Å². The zero-order valence-corrected chi connectivity index (χ0v) is 20.7. The fourth-order valence-electron chi connectivity index (χ4n) is 1.48. The molecule has 0 aromatic rings. The summed E-state index contributed by atoms with van der Waals surface area (Å²) in [7, 11) is 0. The topological polar surface area (TPSA) is 169 Å². The largest absolute Gasteiger partial charge is 0.463 e. The molecule has 0 aliphatic carbocycles. The van der Waals surface area contributed by atoms with Gasteiger partial charge in [-0.2, -0.15) is 0 Å². The summed E-state index contributed by atoms with van der Waals surface area (Å²) in [6, 6.07) is 0. The summed E-state index contributed by atoms with van der Waals surface area (Å²) in [6.45, 7) is 10.8. The van der Waals surface area contributed by atoms with E-state index in [1.54, 1.807) is 13.8 Å². The summed E-state index contributed by atoms with van der Waals surface area (Å²) >= 11 is 4.69. The molecule has 0 spiro atoms. The number of hydrogen-bond donors (Lipinski definition) is 1. The highest BCUT2D eigenvalue weighted by Crippen LogP contribution is 1.94. The van der Waals surface area contributed by atoms with Crippen LogP contribution in [0.1, 0.15) is 39.5 Å². The van der Waals surface area contributed by atoms with Gasteiger partial charge in [0.25, 0.3) is 0 Å². The quantitative estimate of drug-likeness (QED) is 0.0866. The van der Waals surface area contributed by atoms with Gasteiger partial charge in [0.1, 0.15) is 0 Å². The van der Waals surface area contributed by atoms with E-state index >= 15 is 0 Å². The van der Waals surface area contributed by atoms with Crippen molar-refractivity contribution >= 4 is 46.7 Å². The van der Waals surface area contributed by atoms with E-state index in [4.69, 9.17) is 21.4 Å². The van der Waals surface area contributed by atoms with Gasteiger partial charge >= 0.3 is 35.1 Å². The van der Waals surface area contributed by atoms with Gasteiger partial charge in [0.05, 0.1) is 33.0 Å². The van der Waals surface area contributed by atoms with Crippen LogP contribution in [0.15, 0.2) is 25.3 Å². The zero-order chi connectivity index (χ0) is 27.5.